The molecule has 23 heavy (non-hydrogen) atoms. The molecule has 4 nitrogen and oxygen atoms in total. The van der Waals surface area contributed by atoms with E-state index in [0.29, 0.717) is 5.56 Å². The molecule has 0 radical (unpaired) electrons. The van der Waals surface area contributed by atoms with Crippen LogP contribution in [0.2, 0.25) is 0 Å². The van der Waals surface area contributed by atoms with E-state index < -0.39 is 0 Å². The molecule has 0 amide bonds. The Morgan fingerprint density at radius 2 is 1.52 bits per heavy atom. The van der Waals surface area contributed by atoms with Crippen LogP contribution in [0.3, 0.4) is 0 Å². The van der Waals surface area contributed by atoms with Gasteiger partial charge in [0, 0.05) is 23.4 Å². The minimum absolute atomic E-state index is 0.506. The van der Waals surface area contributed by atoms with E-state index in [-0.39, 0.29) is 0 Å². The summed E-state index contributed by atoms with van der Waals surface area (Å²) in [5.74, 6) is 0. The lowest BCUT2D eigenvalue weighted by Gasteiger charge is -2.06. The van der Waals surface area contributed by atoms with E-state index in [2.05, 4.69) is 16.2 Å². The second-order valence-corrected chi connectivity index (χ2v) is 5.16. The van der Waals surface area contributed by atoms with Crippen molar-refractivity contribution in [3.05, 3.63) is 78.5 Å². The van der Waals surface area contributed by atoms with Crippen molar-refractivity contribution in [2.45, 2.75) is 0 Å². The van der Waals surface area contributed by atoms with Gasteiger partial charge in [-0.1, -0.05) is 60.7 Å². The lowest BCUT2D eigenvalue weighted by molar-refractivity contribution is 0.947. The molecule has 2 heterocycles. The van der Waals surface area contributed by atoms with E-state index in [0.717, 1.165) is 28.2 Å². The van der Waals surface area contributed by atoms with Crippen molar-refractivity contribution in [3.8, 4) is 28.6 Å². The lowest BCUT2D eigenvalue weighted by Crippen LogP contribution is -1.99. The van der Waals surface area contributed by atoms with E-state index >= 15 is 0 Å². The topological polar surface area (TPSA) is 54.0 Å². The summed E-state index contributed by atoms with van der Waals surface area (Å²) in [5.41, 5.74) is 4.80. The van der Waals surface area contributed by atoms with Crippen LogP contribution in [0.5, 0.6) is 0 Å². The summed E-state index contributed by atoms with van der Waals surface area (Å²) in [6.45, 7) is 0. The van der Waals surface area contributed by atoms with Gasteiger partial charge in [0.05, 0.1) is 17.0 Å². The van der Waals surface area contributed by atoms with Gasteiger partial charge >= 0.3 is 0 Å². The van der Waals surface area contributed by atoms with Crippen molar-refractivity contribution in [3.63, 3.8) is 0 Å². The number of benzene rings is 2. The van der Waals surface area contributed by atoms with Crippen molar-refractivity contribution < 1.29 is 0 Å². The quantitative estimate of drug-likeness (QED) is 0.563. The molecule has 0 aliphatic carbocycles. The highest BCUT2D eigenvalue weighted by Gasteiger charge is 2.14. The summed E-state index contributed by atoms with van der Waals surface area (Å²) < 4.78 is 1.75. The number of fused-ring (bicyclic) bond motifs is 1. The van der Waals surface area contributed by atoms with Crippen molar-refractivity contribution >= 4 is 5.65 Å². The summed E-state index contributed by atoms with van der Waals surface area (Å²) >= 11 is 0. The van der Waals surface area contributed by atoms with Crippen molar-refractivity contribution in [2.75, 3.05) is 0 Å². The molecule has 0 aliphatic rings. The van der Waals surface area contributed by atoms with Gasteiger partial charge in [0.15, 0.2) is 5.65 Å². The molecular formula is C19H12N4. The van der Waals surface area contributed by atoms with Gasteiger partial charge in [0.1, 0.15) is 6.07 Å². The number of hydrogen-bond acceptors (Lipinski definition) is 3. The van der Waals surface area contributed by atoms with Gasteiger partial charge in [-0.05, 0) is 0 Å². The normalized spacial score (nSPS) is 10.6. The Labute approximate surface area is 133 Å². The third-order valence-corrected chi connectivity index (χ3v) is 3.72. The monoisotopic (exact) mass is 296 g/mol. The smallest absolute Gasteiger partial charge is 0.156 e. The Hall–Kier alpha value is -3.45. The predicted molar refractivity (Wildman–Crippen MR) is 88.6 cm³/mol. The van der Waals surface area contributed by atoms with E-state index in [9.17, 15) is 5.26 Å². The highest BCUT2D eigenvalue weighted by molar-refractivity contribution is 5.72. The van der Waals surface area contributed by atoms with Crippen molar-refractivity contribution in [1.82, 2.24) is 14.6 Å². The van der Waals surface area contributed by atoms with Crippen LogP contribution in [-0.2, 0) is 0 Å². The van der Waals surface area contributed by atoms with Crippen LogP contribution in [0.25, 0.3) is 28.2 Å². The third kappa shape index (κ3) is 2.25. The fourth-order valence-corrected chi connectivity index (χ4v) is 2.64. The van der Waals surface area contributed by atoms with Gasteiger partial charge in [0.25, 0.3) is 0 Å². The first-order valence-electron chi connectivity index (χ1n) is 7.26. The van der Waals surface area contributed by atoms with Gasteiger partial charge in [-0.15, -0.1) is 0 Å². The van der Waals surface area contributed by atoms with E-state index in [1.807, 2.05) is 66.7 Å². The molecule has 0 aliphatic heterocycles. The summed E-state index contributed by atoms with van der Waals surface area (Å²) in [7, 11) is 0. The van der Waals surface area contributed by atoms with Gasteiger partial charge in [-0.3, -0.25) is 0 Å². The van der Waals surface area contributed by atoms with Crippen LogP contribution in [0.15, 0.2) is 72.9 Å². The Morgan fingerprint density at radius 3 is 2.17 bits per heavy atom. The van der Waals surface area contributed by atoms with Gasteiger partial charge in [-0.25, -0.2) is 9.50 Å². The number of nitrogens with zero attached hydrogens (tertiary/aromatic N) is 4. The summed E-state index contributed by atoms with van der Waals surface area (Å²) in [4.78, 5) is 4.36. The predicted octanol–water partition coefficient (Wildman–Crippen LogP) is 3.93. The average Bonchev–Trinajstić information content (AvgIpc) is 3.06. The van der Waals surface area contributed by atoms with Crippen molar-refractivity contribution in [2.24, 2.45) is 0 Å². The first-order valence-corrected chi connectivity index (χ1v) is 7.26. The minimum Gasteiger partial charge on any atom is -0.236 e. The minimum atomic E-state index is 0.506. The van der Waals surface area contributed by atoms with E-state index in [1.54, 1.807) is 10.7 Å². The molecule has 2 aromatic carbocycles. The average molecular weight is 296 g/mol. The summed E-state index contributed by atoms with van der Waals surface area (Å²) in [5, 5.41) is 14.1. The highest BCUT2D eigenvalue weighted by atomic mass is 15.3. The second-order valence-electron chi connectivity index (χ2n) is 5.16. The van der Waals surface area contributed by atoms with Crippen LogP contribution >= 0.6 is 0 Å². The molecule has 0 unspecified atom stereocenters. The fourth-order valence-electron chi connectivity index (χ4n) is 2.64. The van der Waals surface area contributed by atoms with Crippen LogP contribution < -0.4 is 0 Å². The zero-order valence-electron chi connectivity index (χ0n) is 12.2. The first kappa shape index (κ1) is 13.2. The van der Waals surface area contributed by atoms with Crippen LogP contribution in [0, 0.1) is 11.3 Å². The number of rotatable bonds is 2. The fraction of sp³-hybridized carbons (Fsp3) is 0. The molecule has 0 bridgehead atoms. The largest absolute Gasteiger partial charge is 0.236 e. The molecule has 0 atom stereocenters. The van der Waals surface area contributed by atoms with Gasteiger partial charge in [0.2, 0.25) is 0 Å². The molecule has 2 aromatic heterocycles. The van der Waals surface area contributed by atoms with E-state index in [1.165, 1.54) is 0 Å². The third-order valence-electron chi connectivity index (χ3n) is 3.72. The SMILES string of the molecule is N#Cc1cnc2cc(-c3ccccc3)nn2c1-c1ccccc1. The molecular weight excluding hydrogens is 284 g/mol. The van der Waals surface area contributed by atoms with Crippen LogP contribution in [0.4, 0.5) is 0 Å². The Kier molecular flexibility index (Phi) is 3.10. The maximum absolute atomic E-state index is 9.43. The molecule has 0 fully saturated rings. The lowest BCUT2D eigenvalue weighted by atomic mass is 10.1. The maximum Gasteiger partial charge on any atom is 0.156 e. The molecule has 0 N–H and O–H groups in total. The van der Waals surface area contributed by atoms with E-state index in [4.69, 9.17) is 0 Å². The Balaban J connectivity index is 2.01. The van der Waals surface area contributed by atoms with Gasteiger partial charge in [-0.2, -0.15) is 10.4 Å². The van der Waals surface area contributed by atoms with Crippen LogP contribution in [0.1, 0.15) is 5.56 Å². The zero-order chi connectivity index (χ0) is 15.6. The molecule has 0 saturated carbocycles. The highest BCUT2D eigenvalue weighted by Crippen LogP contribution is 2.26. The molecule has 4 aromatic rings. The number of hydrogen-bond donors (Lipinski definition) is 0. The Morgan fingerprint density at radius 1 is 0.870 bits per heavy atom. The first-order chi connectivity index (χ1) is 11.4. The van der Waals surface area contributed by atoms with Crippen molar-refractivity contribution in [1.29, 1.82) is 5.26 Å². The number of nitriles is 1. The number of aromatic nitrogens is 3. The standard InChI is InChI=1S/C19H12N4/c20-12-16-13-21-18-11-17(14-7-3-1-4-8-14)22-23(18)19(16)15-9-5-2-6-10-15/h1-11,13H. The Bertz CT molecular complexity index is 1010. The molecule has 4 rings (SSSR count). The zero-order valence-corrected chi connectivity index (χ0v) is 12.2. The summed E-state index contributed by atoms with van der Waals surface area (Å²) in [6, 6.07) is 23.9. The molecule has 0 saturated heterocycles. The summed E-state index contributed by atoms with van der Waals surface area (Å²) in [6.07, 6.45) is 1.61. The molecule has 4 heteroatoms. The van der Waals surface area contributed by atoms with Gasteiger partial charge < -0.3 is 0 Å². The molecule has 0 spiro atoms. The molecule has 108 valence electrons. The van der Waals surface area contributed by atoms with Crippen LogP contribution in [-0.4, -0.2) is 14.6 Å². The second kappa shape index (κ2) is 5.39. The maximum atomic E-state index is 9.43.